The fourth-order valence-electron chi connectivity index (χ4n) is 4.13. The molecule has 1 aromatic rings. The van der Waals surface area contributed by atoms with Gasteiger partial charge in [0.15, 0.2) is 0 Å². The van der Waals surface area contributed by atoms with Crippen LogP contribution >= 0.6 is 0 Å². The van der Waals surface area contributed by atoms with Crippen LogP contribution in [-0.2, 0) is 11.8 Å². The summed E-state index contributed by atoms with van der Waals surface area (Å²) in [5, 5.41) is 2.48. The Labute approximate surface area is 146 Å². The van der Waals surface area contributed by atoms with Crippen molar-refractivity contribution >= 4 is 11.8 Å². The Morgan fingerprint density at radius 3 is 2.58 bits per heavy atom. The van der Waals surface area contributed by atoms with E-state index in [2.05, 4.69) is 5.10 Å². The maximum absolute atomic E-state index is 12.7. The number of rotatable bonds is 2. The lowest BCUT2D eigenvalue weighted by Crippen LogP contribution is -2.66. The molecule has 1 aromatic heterocycles. The van der Waals surface area contributed by atoms with Gasteiger partial charge in [0, 0.05) is 38.7 Å². The number of amides is 2. The van der Waals surface area contributed by atoms with Crippen LogP contribution in [0.15, 0.2) is 10.9 Å². The number of aromatic amines is 1. The molecule has 4 atom stereocenters. The number of carbonyl (C=O) groups is 2. The van der Waals surface area contributed by atoms with Crippen LogP contribution in [0.2, 0.25) is 0 Å². The van der Waals surface area contributed by atoms with Gasteiger partial charge in [0.05, 0.1) is 17.9 Å². The predicted octanol–water partition coefficient (Wildman–Crippen LogP) is 0.585. The highest BCUT2D eigenvalue weighted by molar-refractivity contribution is 5.93. The highest BCUT2D eigenvalue weighted by Gasteiger charge is 2.60. The zero-order valence-electron chi connectivity index (χ0n) is 14.1. The average Bonchev–Trinajstić information content (AvgIpc) is 3.27. The van der Waals surface area contributed by atoms with Crippen molar-refractivity contribution in [1.29, 1.82) is 0 Å². The van der Waals surface area contributed by atoms with Crippen molar-refractivity contribution in [3.8, 4) is 0 Å². The number of piperidine rings is 1. The van der Waals surface area contributed by atoms with E-state index in [0.717, 1.165) is 0 Å². The first kappa shape index (κ1) is 17.2. The van der Waals surface area contributed by atoms with Crippen molar-refractivity contribution in [1.82, 2.24) is 19.6 Å². The molecule has 3 heterocycles. The maximum atomic E-state index is 12.7. The molecule has 3 fully saturated rings. The van der Waals surface area contributed by atoms with E-state index in [1.54, 1.807) is 11.9 Å². The van der Waals surface area contributed by atoms with Crippen molar-refractivity contribution in [2.24, 2.45) is 24.8 Å². The van der Waals surface area contributed by atoms with Gasteiger partial charge in [0.2, 0.25) is 5.91 Å². The van der Waals surface area contributed by atoms with E-state index in [1.165, 1.54) is 15.6 Å². The van der Waals surface area contributed by atoms with E-state index < -0.39 is 23.9 Å². The molecular weight excluding hydrogens is 353 g/mol. The molecule has 4 rings (SSSR count). The van der Waals surface area contributed by atoms with Crippen molar-refractivity contribution < 1.29 is 22.8 Å². The molecule has 7 nitrogen and oxygen atoms in total. The smallest absolute Gasteiger partial charge is 0.340 e. The van der Waals surface area contributed by atoms with E-state index >= 15 is 0 Å². The second-order valence-electron chi connectivity index (χ2n) is 7.41. The number of alkyl halides is 3. The quantitative estimate of drug-likeness (QED) is 0.825. The predicted molar refractivity (Wildman–Crippen MR) is 83.2 cm³/mol. The lowest BCUT2D eigenvalue weighted by atomic mass is 9.82. The minimum atomic E-state index is -4.32. The van der Waals surface area contributed by atoms with Crippen LogP contribution in [0.5, 0.6) is 0 Å². The summed E-state index contributed by atoms with van der Waals surface area (Å²) in [6.45, 7) is 1.24. The van der Waals surface area contributed by atoms with Crippen LogP contribution in [0.1, 0.15) is 23.3 Å². The standard InChI is InChI=1S/C16H19F3N4O3/c1-21-11(5-13(24)20-21)15(26)23-6-8-2-3-22(7-12(8)23)14(25)9-4-10(9)16(17,18)19/h5,8-10,12H,2-4,6-7H2,1H3,(H,20,24)/t8-,9+,10+,12-/m0/s1. The molecule has 0 radical (unpaired) electrons. The first-order valence-corrected chi connectivity index (χ1v) is 8.59. The Morgan fingerprint density at radius 1 is 1.27 bits per heavy atom. The number of nitrogens with one attached hydrogen (secondary N) is 1. The number of fused-ring (bicyclic) bond motifs is 1. The highest BCUT2D eigenvalue weighted by Crippen LogP contribution is 2.51. The maximum Gasteiger partial charge on any atom is 0.392 e. The van der Waals surface area contributed by atoms with Crippen molar-refractivity contribution in [3.63, 3.8) is 0 Å². The fraction of sp³-hybridized carbons (Fsp3) is 0.688. The monoisotopic (exact) mass is 372 g/mol. The van der Waals surface area contributed by atoms with Crippen LogP contribution in [0, 0.1) is 17.8 Å². The summed E-state index contributed by atoms with van der Waals surface area (Å²) >= 11 is 0. The number of hydrogen-bond acceptors (Lipinski definition) is 3. The number of H-pyrrole nitrogens is 1. The number of aromatic nitrogens is 2. The van der Waals surface area contributed by atoms with Crippen LogP contribution in [0.4, 0.5) is 13.2 Å². The van der Waals surface area contributed by atoms with Crippen LogP contribution in [0.3, 0.4) is 0 Å². The molecule has 10 heteroatoms. The number of nitrogens with zero attached hydrogens (tertiary/aromatic N) is 3. The minimum Gasteiger partial charge on any atom is -0.340 e. The molecule has 2 amide bonds. The van der Waals surface area contributed by atoms with Gasteiger partial charge < -0.3 is 9.80 Å². The molecule has 2 saturated heterocycles. The SMILES string of the molecule is Cn1[nH]c(=O)cc1C(=O)N1C[C@@H]2CCN(C(=O)[C@@H]3C[C@H]3C(F)(F)F)C[C@@H]21. The highest BCUT2D eigenvalue weighted by atomic mass is 19.4. The number of carbonyl (C=O) groups excluding carboxylic acids is 2. The molecule has 1 saturated carbocycles. The molecule has 142 valence electrons. The molecular formula is C16H19F3N4O3. The van der Waals surface area contributed by atoms with Gasteiger partial charge in [-0.25, -0.2) is 0 Å². The van der Waals surface area contributed by atoms with E-state index in [1.807, 2.05) is 0 Å². The minimum absolute atomic E-state index is 0.138. The largest absolute Gasteiger partial charge is 0.392 e. The summed E-state index contributed by atoms with van der Waals surface area (Å²) in [4.78, 5) is 39.4. The third kappa shape index (κ3) is 2.71. The third-order valence-corrected chi connectivity index (χ3v) is 5.78. The zero-order chi connectivity index (χ0) is 18.8. The number of hydrogen-bond donors (Lipinski definition) is 1. The molecule has 1 aliphatic carbocycles. The van der Waals surface area contributed by atoms with E-state index in [9.17, 15) is 27.6 Å². The topological polar surface area (TPSA) is 78.4 Å². The molecule has 0 unspecified atom stereocenters. The average molecular weight is 372 g/mol. The van der Waals surface area contributed by atoms with Crippen LogP contribution in [0.25, 0.3) is 0 Å². The van der Waals surface area contributed by atoms with Gasteiger partial charge in [-0.3, -0.25) is 24.2 Å². The Balaban J connectivity index is 1.42. The molecule has 3 aliphatic rings. The van der Waals surface area contributed by atoms with Crippen molar-refractivity contribution in [2.45, 2.75) is 25.1 Å². The van der Waals surface area contributed by atoms with E-state index in [-0.39, 0.29) is 42.1 Å². The van der Waals surface area contributed by atoms with Gasteiger partial charge in [-0.15, -0.1) is 0 Å². The fourth-order valence-corrected chi connectivity index (χ4v) is 4.13. The Bertz CT molecular complexity index is 814. The normalized spacial score (nSPS) is 30.6. The molecule has 0 spiro atoms. The second-order valence-corrected chi connectivity index (χ2v) is 7.41. The summed E-state index contributed by atoms with van der Waals surface area (Å²) in [6.07, 6.45) is -3.78. The lowest BCUT2D eigenvalue weighted by molar-refractivity contribution is -0.159. The first-order valence-electron chi connectivity index (χ1n) is 8.59. The Morgan fingerprint density at radius 2 is 2.00 bits per heavy atom. The number of halogens is 3. The van der Waals surface area contributed by atoms with Crippen molar-refractivity contribution in [3.05, 3.63) is 22.1 Å². The summed E-state index contributed by atoms with van der Waals surface area (Å²) in [7, 11) is 1.56. The summed E-state index contributed by atoms with van der Waals surface area (Å²) in [5.41, 5.74) is -0.142. The van der Waals surface area contributed by atoms with Crippen LogP contribution < -0.4 is 5.56 Å². The van der Waals surface area contributed by atoms with E-state index in [4.69, 9.17) is 0 Å². The summed E-state index contributed by atoms with van der Waals surface area (Å²) < 4.78 is 39.5. The van der Waals surface area contributed by atoms with E-state index in [0.29, 0.717) is 19.5 Å². The Hall–Kier alpha value is -2.26. The third-order valence-electron chi connectivity index (χ3n) is 5.78. The molecule has 2 aliphatic heterocycles. The van der Waals surface area contributed by atoms with Crippen LogP contribution in [-0.4, -0.2) is 63.2 Å². The molecule has 0 aromatic carbocycles. The lowest BCUT2D eigenvalue weighted by Gasteiger charge is -2.53. The van der Waals surface area contributed by atoms with Gasteiger partial charge in [0.25, 0.3) is 11.5 Å². The summed E-state index contributed by atoms with van der Waals surface area (Å²) in [6, 6.07) is 1.02. The number of likely N-dealkylation sites (tertiary alicyclic amines) is 2. The van der Waals surface area contributed by atoms with Gasteiger partial charge in [-0.05, 0) is 12.8 Å². The van der Waals surface area contributed by atoms with Crippen molar-refractivity contribution in [2.75, 3.05) is 19.6 Å². The first-order chi connectivity index (χ1) is 12.2. The van der Waals surface area contributed by atoms with Gasteiger partial charge in [-0.2, -0.15) is 13.2 Å². The van der Waals surface area contributed by atoms with Gasteiger partial charge >= 0.3 is 6.18 Å². The van der Waals surface area contributed by atoms with Gasteiger partial charge in [0.1, 0.15) is 5.69 Å². The molecule has 0 bridgehead atoms. The second kappa shape index (κ2) is 5.62. The Kier molecular flexibility index (Phi) is 3.71. The molecule has 1 N–H and O–H groups in total. The molecule has 26 heavy (non-hydrogen) atoms. The number of aryl methyl sites for hydroxylation is 1. The van der Waals surface area contributed by atoms with Gasteiger partial charge in [-0.1, -0.05) is 0 Å². The summed E-state index contributed by atoms with van der Waals surface area (Å²) in [5.74, 6) is -3.01. The zero-order valence-corrected chi connectivity index (χ0v) is 14.1.